The molecule has 1 saturated heterocycles. The Bertz CT molecular complexity index is 487. The summed E-state index contributed by atoms with van der Waals surface area (Å²) in [4.78, 5) is 2.43. The number of hydrogen-bond donors (Lipinski definition) is 1. The molecule has 18 heavy (non-hydrogen) atoms. The van der Waals surface area contributed by atoms with Gasteiger partial charge in [-0.2, -0.15) is 0 Å². The summed E-state index contributed by atoms with van der Waals surface area (Å²) in [5, 5.41) is 11.6. The summed E-state index contributed by atoms with van der Waals surface area (Å²) in [6, 6.07) is 10.2. The second-order valence-corrected chi connectivity index (χ2v) is 4.50. The van der Waals surface area contributed by atoms with E-state index in [-0.39, 0.29) is 0 Å². The molecule has 5 heteroatoms. The molecular formula is C13H17N5. The van der Waals surface area contributed by atoms with Gasteiger partial charge in [-0.15, -0.1) is 5.10 Å². The first-order chi connectivity index (χ1) is 8.93. The highest BCUT2D eigenvalue weighted by Gasteiger charge is 2.13. The van der Waals surface area contributed by atoms with Crippen molar-refractivity contribution in [1.82, 2.24) is 25.2 Å². The summed E-state index contributed by atoms with van der Waals surface area (Å²) in [5.41, 5.74) is 2.21. The molecule has 0 aliphatic carbocycles. The number of rotatable bonds is 3. The molecule has 2 aromatic rings. The zero-order valence-corrected chi connectivity index (χ0v) is 10.3. The smallest absolute Gasteiger partial charge is 0.0786 e. The lowest BCUT2D eigenvalue weighted by Crippen LogP contribution is -2.43. The maximum atomic E-state index is 4.18. The van der Waals surface area contributed by atoms with E-state index in [1.54, 1.807) is 0 Å². The van der Waals surface area contributed by atoms with Gasteiger partial charge in [-0.25, -0.2) is 4.68 Å². The minimum Gasteiger partial charge on any atom is -0.314 e. The molecule has 1 N–H and O–H groups in total. The van der Waals surface area contributed by atoms with Crippen LogP contribution in [0.2, 0.25) is 0 Å². The fraction of sp³-hybridized carbons (Fsp3) is 0.385. The van der Waals surface area contributed by atoms with Gasteiger partial charge in [0.15, 0.2) is 0 Å². The van der Waals surface area contributed by atoms with Gasteiger partial charge in [0.1, 0.15) is 0 Å². The van der Waals surface area contributed by atoms with Crippen molar-refractivity contribution in [1.29, 1.82) is 0 Å². The van der Waals surface area contributed by atoms with Crippen LogP contribution < -0.4 is 5.32 Å². The van der Waals surface area contributed by atoms with E-state index in [2.05, 4.69) is 32.7 Å². The Morgan fingerprint density at radius 3 is 2.67 bits per heavy atom. The number of para-hydroxylation sites is 1. The van der Waals surface area contributed by atoms with Crippen LogP contribution in [0.3, 0.4) is 0 Å². The Morgan fingerprint density at radius 2 is 1.89 bits per heavy atom. The standard InChI is InChI=1S/C13H17N5/c1-2-4-12(5-3-1)18-13(10-15-16-18)11-17-8-6-14-7-9-17/h1-5,10,14H,6-9,11H2. The minimum atomic E-state index is 0.906. The highest BCUT2D eigenvalue weighted by atomic mass is 15.4. The predicted molar refractivity (Wildman–Crippen MR) is 69.5 cm³/mol. The zero-order chi connectivity index (χ0) is 12.2. The lowest BCUT2D eigenvalue weighted by atomic mass is 10.3. The van der Waals surface area contributed by atoms with Gasteiger partial charge in [0.05, 0.1) is 17.6 Å². The van der Waals surface area contributed by atoms with E-state index in [9.17, 15) is 0 Å². The first-order valence-corrected chi connectivity index (χ1v) is 6.31. The normalized spacial score (nSPS) is 16.9. The van der Waals surface area contributed by atoms with E-state index in [0.717, 1.165) is 44.1 Å². The number of aromatic nitrogens is 3. The molecule has 0 unspecified atom stereocenters. The molecule has 0 atom stereocenters. The van der Waals surface area contributed by atoms with E-state index in [4.69, 9.17) is 0 Å². The predicted octanol–water partition coefficient (Wildman–Crippen LogP) is 0.672. The molecule has 1 aromatic carbocycles. The molecule has 0 radical (unpaired) electrons. The topological polar surface area (TPSA) is 46.0 Å². The van der Waals surface area contributed by atoms with E-state index >= 15 is 0 Å². The maximum absolute atomic E-state index is 4.18. The van der Waals surface area contributed by atoms with E-state index < -0.39 is 0 Å². The van der Waals surface area contributed by atoms with Crippen LogP contribution in [0.5, 0.6) is 0 Å². The quantitative estimate of drug-likeness (QED) is 0.861. The zero-order valence-electron chi connectivity index (χ0n) is 10.3. The van der Waals surface area contributed by atoms with Crippen LogP contribution in [-0.4, -0.2) is 46.1 Å². The van der Waals surface area contributed by atoms with Crippen molar-refractivity contribution in [2.75, 3.05) is 26.2 Å². The average Bonchev–Trinajstić information content (AvgIpc) is 2.89. The maximum Gasteiger partial charge on any atom is 0.0786 e. The number of benzene rings is 1. The largest absolute Gasteiger partial charge is 0.314 e. The van der Waals surface area contributed by atoms with Crippen molar-refractivity contribution < 1.29 is 0 Å². The molecule has 1 aliphatic rings. The fourth-order valence-corrected chi connectivity index (χ4v) is 2.25. The number of hydrogen-bond acceptors (Lipinski definition) is 4. The molecular weight excluding hydrogens is 226 g/mol. The molecule has 0 spiro atoms. The van der Waals surface area contributed by atoms with Crippen LogP contribution in [0.4, 0.5) is 0 Å². The number of nitrogens with one attached hydrogen (secondary N) is 1. The summed E-state index contributed by atoms with van der Waals surface area (Å²) < 4.78 is 1.92. The SMILES string of the molecule is c1ccc(-n2nncc2CN2CCNCC2)cc1. The van der Waals surface area contributed by atoms with Crippen LogP contribution in [0.1, 0.15) is 5.69 Å². The Kier molecular flexibility index (Phi) is 3.34. The van der Waals surface area contributed by atoms with E-state index in [1.807, 2.05) is 29.1 Å². The number of nitrogens with zero attached hydrogens (tertiary/aromatic N) is 4. The third-order valence-electron chi connectivity index (χ3n) is 3.22. The number of piperazine rings is 1. The van der Waals surface area contributed by atoms with Crippen LogP contribution in [0.15, 0.2) is 36.5 Å². The Labute approximate surface area is 106 Å². The van der Waals surface area contributed by atoms with Crippen LogP contribution in [0.25, 0.3) is 5.69 Å². The van der Waals surface area contributed by atoms with Gasteiger partial charge in [0.25, 0.3) is 0 Å². The third kappa shape index (κ3) is 2.42. The summed E-state index contributed by atoms with van der Waals surface area (Å²) >= 11 is 0. The van der Waals surface area contributed by atoms with Crippen LogP contribution in [-0.2, 0) is 6.54 Å². The summed E-state index contributed by atoms with van der Waals surface area (Å²) in [6.07, 6.45) is 1.86. The molecule has 5 nitrogen and oxygen atoms in total. The molecule has 1 aromatic heterocycles. The minimum absolute atomic E-state index is 0.906. The first kappa shape index (κ1) is 11.4. The van der Waals surface area contributed by atoms with Gasteiger partial charge < -0.3 is 5.32 Å². The Hall–Kier alpha value is -1.72. The van der Waals surface area contributed by atoms with Crippen molar-refractivity contribution in [2.24, 2.45) is 0 Å². The molecule has 1 fully saturated rings. The van der Waals surface area contributed by atoms with Crippen molar-refractivity contribution in [2.45, 2.75) is 6.54 Å². The monoisotopic (exact) mass is 243 g/mol. The van der Waals surface area contributed by atoms with Gasteiger partial charge in [-0.3, -0.25) is 4.90 Å². The molecule has 0 amide bonds. The lowest BCUT2D eigenvalue weighted by molar-refractivity contribution is 0.229. The van der Waals surface area contributed by atoms with Crippen molar-refractivity contribution in [3.63, 3.8) is 0 Å². The second-order valence-electron chi connectivity index (χ2n) is 4.50. The van der Waals surface area contributed by atoms with E-state index in [0.29, 0.717) is 0 Å². The van der Waals surface area contributed by atoms with Crippen molar-refractivity contribution in [3.8, 4) is 5.69 Å². The Morgan fingerprint density at radius 1 is 1.11 bits per heavy atom. The van der Waals surface area contributed by atoms with E-state index in [1.165, 1.54) is 0 Å². The van der Waals surface area contributed by atoms with Crippen LogP contribution in [0, 0.1) is 0 Å². The lowest BCUT2D eigenvalue weighted by Gasteiger charge is -2.26. The average molecular weight is 243 g/mol. The highest BCUT2D eigenvalue weighted by molar-refractivity contribution is 5.31. The summed E-state index contributed by atoms with van der Waals surface area (Å²) in [7, 11) is 0. The molecule has 0 bridgehead atoms. The molecule has 0 saturated carbocycles. The van der Waals surface area contributed by atoms with Crippen molar-refractivity contribution >= 4 is 0 Å². The highest BCUT2D eigenvalue weighted by Crippen LogP contribution is 2.11. The second kappa shape index (κ2) is 5.29. The molecule has 94 valence electrons. The molecule has 3 rings (SSSR count). The van der Waals surface area contributed by atoms with Gasteiger partial charge >= 0.3 is 0 Å². The molecule has 1 aliphatic heterocycles. The third-order valence-corrected chi connectivity index (χ3v) is 3.22. The van der Waals surface area contributed by atoms with Crippen molar-refractivity contribution in [3.05, 3.63) is 42.2 Å². The van der Waals surface area contributed by atoms with Crippen LogP contribution >= 0.6 is 0 Å². The molecule has 2 heterocycles. The van der Waals surface area contributed by atoms with Gasteiger partial charge in [-0.05, 0) is 12.1 Å². The fourth-order valence-electron chi connectivity index (χ4n) is 2.25. The summed E-state index contributed by atoms with van der Waals surface area (Å²) in [5.74, 6) is 0. The van der Waals surface area contributed by atoms with Gasteiger partial charge in [0, 0.05) is 32.7 Å². The first-order valence-electron chi connectivity index (χ1n) is 6.31. The Balaban J connectivity index is 1.79. The van der Waals surface area contributed by atoms with Gasteiger partial charge in [0.2, 0.25) is 0 Å². The summed E-state index contributed by atoms with van der Waals surface area (Å²) in [6.45, 7) is 5.20. The van der Waals surface area contributed by atoms with Gasteiger partial charge in [-0.1, -0.05) is 23.4 Å².